The Morgan fingerprint density at radius 3 is 2.61 bits per heavy atom. The second-order valence-electron chi connectivity index (χ2n) is 6.37. The molecule has 0 bridgehead atoms. The molecule has 0 aromatic carbocycles. The van der Waals surface area contributed by atoms with Gasteiger partial charge in [-0.05, 0) is 33.8 Å². The quantitative estimate of drug-likeness (QED) is 0.507. The molecular formula is C16H27ClN4O2. The molecule has 1 aromatic heterocycles. The molecule has 0 saturated heterocycles. The fraction of sp³-hybridized carbons (Fsp3) is 0.625. The molecule has 0 spiro atoms. The van der Waals surface area contributed by atoms with Crippen LogP contribution in [0, 0.1) is 0 Å². The smallest absolute Gasteiger partial charge is 0.328 e. The van der Waals surface area contributed by atoms with Gasteiger partial charge >= 0.3 is 5.97 Å². The van der Waals surface area contributed by atoms with E-state index < -0.39 is 5.60 Å². The van der Waals surface area contributed by atoms with Crippen LogP contribution in [0.25, 0.3) is 0 Å². The van der Waals surface area contributed by atoms with Gasteiger partial charge in [-0.25, -0.2) is 4.99 Å². The van der Waals surface area contributed by atoms with Crippen molar-refractivity contribution < 1.29 is 9.53 Å². The Balaban J connectivity index is 2.74. The fourth-order valence-electron chi connectivity index (χ4n) is 2.02. The molecule has 0 fully saturated rings. The summed E-state index contributed by atoms with van der Waals surface area (Å²) in [6, 6.07) is 1.91. The van der Waals surface area contributed by atoms with Gasteiger partial charge in [0.15, 0.2) is 5.96 Å². The molecule has 0 unspecified atom stereocenters. The van der Waals surface area contributed by atoms with E-state index in [9.17, 15) is 4.79 Å². The molecule has 0 amide bonds. The number of aliphatic imine (C=N–C) groups is 1. The van der Waals surface area contributed by atoms with Gasteiger partial charge in [0, 0.05) is 32.5 Å². The molecule has 0 aliphatic carbocycles. The summed E-state index contributed by atoms with van der Waals surface area (Å²) in [7, 11) is 3.86. The SMILES string of the molecule is CCNC(=NCC(=O)OC(C)(C)C)N(C)Cc1cc(Cl)cn1C. The van der Waals surface area contributed by atoms with Crippen LogP contribution in [0.1, 0.15) is 33.4 Å². The average Bonchev–Trinajstić information content (AvgIpc) is 2.70. The molecular weight excluding hydrogens is 316 g/mol. The van der Waals surface area contributed by atoms with Crippen molar-refractivity contribution in [1.82, 2.24) is 14.8 Å². The molecule has 1 aromatic rings. The molecule has 7 heteroatoms. The summed E-state index contributed by atoms with van der Waals surface area (Å²) in [5.41, 5.74) is 0.553. The first-order valence-electron chi connectivity index (χ1n) is 7.64. The molecule has 0 radical (unpaired) electrons. The number of carbonyl (C=O) groups is 1. The van der Waals surface area contributed by atoms with E-state index in [0.717, 1.165) is 5.69 Å². The monoisotopic (exact) mass is 342 g/mol. The van der Waals surface area contributed by atoms with Crippen LogP contribution in [0.15, 0.2) is 17.3 Å². The summed E-state index contributed by atoms with van der Waals surface area (Å²) in [5.74, 6) is 0.305. The number of halogens is 1. The van der Waals surface area contributed by atoms with Gasteiger partial charge < -0.3 is 19.5 Å². The average molecular weight is 343 g/mol. The number of aromatic nitrogens is 1. The van der Waals surface area contributed by atoms with Gasteiger partial charge in [-0.2, -0.15) is 0 Å². The molecule has 1 rings (SSSR count). The van der Waals surface area contributed by atoms with Crippen molar-refractivity contribution in [2.75, 3.05) is 20.1 Å². The molecule has 1 heterocycles. The van der Waals surface area contributed by atoms with Crippen molar-refractivity contribution in [3.8, 4) is 0 Å². The summed E-state index contributed by atoms with van der Waals surface area (Å²) in [5, 5.41) is 3.87. The van der Waals surface area contributed by atoms with E-state index >= 15 is 0 Å². The van der Waals surface area contributed by atoms with Crippen molar-refractivity contribution in [2.45, 2.75) is 39.8 Å². The minimum absolute atomic E-state index is 0.0160. The van der Waals surface area contributed by atoms with Crippen LogP contribution < -0.4 is 5.32 Å². The number of carbonyl (C=O) groups excluding carboxylic acids is 1. The third-order valence-electron chi connectivity index (χ3n) is 2.95. The van der Waals surface area contributed by atoms with Crippen LogP contribution in [0.3, 0.4) is 0 Å². The maximum Gasteiger partial charge on any atom is 0.328 e. The zero-order valence-electron chi connectivity index (χ0n) is 14.8. The Labute approximate surface area is 143 Å². The first kappa shape index (κ1) is 19.4. The van der Waals surface area contributed by atoms with E-state index in [-0.39, 0.29) is 12.5 Å². The van der Waals surface area contributed by atoms with Gasteiger partial charge in [-0.15, -0.1) is 0 Å². The second-order valence-corrected chi connectivity index (χ2v) is 6.81. The van der Waals surface area contributed by atoms with Crippen LogP contribution >= 0.6 is 11.6 Å². The molecule has 0 saturated carbocycles. The van der Waals surface area contributed by atoms with Gasteiger partial charge in [-0.1, -0.05) is 11.6 Å². The van der Waals surface area contributed by atoms with E-state index in [2.05, 4.69) is 10.3 Å². The van der Waals surface area contributed by atoms with Crippen LogP contribution in [-0.4, -0.2) is 47.1 Å². The van der Waals surface area contributed by atoms with E-state index in [1.54, 1.807) is 0 Å². The van der Waals surface area contributed by atoms with E-state index in [0.29, 0.717) is 24.1 Å². The molecule has 0 aliphatic heterocycles. The zero-order chi connectivity index (χ0) is 17.6. The Bertz CT molecular complexity index is 561. The number of aryl methyl sites for hydroxylation is 1. The lowest BCUT2D eigenvalue weighted by Crippen LogP contribution is -2.39. The third kappa shape index (κ3) is 6.95. The lowest BCUT2D eigenvalue weighted by molar-refractivity contribution is -0.152. The second kappa shape index (κ2) is 8.24. The number of hydrogen-bond acceptors (Lipinski definition) is 3. The summed E-state index contributed by atoms with van der Waals surface area (Å²) in [6.07, 6.45) is 1.86. The first-order valence-corrected chi connectivity index (χ1v) is 8.02. The largest absolute Gasteiger partial charge is 0.459 e. The zero-order valence-corrected chi connectivity index (χ0v) is 15.6. The summed E-state index contributed by atoms with van der Waals surface area (Å²) in [4.78, 5) is 18.1. The van der Waals surface area contributed by atoms with E-state index in [4.69, 9.17) is 16.3 Å². The Kier molecular flexibility index (Phi) is 6.94. The highest BCUT2D eigenvalue weighted by Crippen LogP contribution is 2.14. The highest BCUT2D eigenvalue weighted by molar-refractivity contribution is 6.30. The highest BCUT2D eigenvalue weighted by Gasteiger charge is 2.16. The lowest BCUT2D eigenvalue weighted by Gasteiger charge is -2.23. The number of hydrogen-bond donors (Lipinski definition) is 1. The highest BCUT2D eigenvalue weighted by atomic mass is 35.5. The van der Waals surface area contributed by atoms with Gasteiger partial charge in [0.05, 0.1) is 11.6 Å². The van der Waals surface area contributed by atoms with Gasteiger partial charge in [0.25, 0.3) is 0 Å². The third-order valence-corrected chi connectivity index (χ3v) is 3.15. The Morgan fingerprint density at radius 2 is 2.13 bits per heavy atom. The normalized spacial score (nSPS) is 12.2. The first-order chi connectivity index (χ1) is 10.6. The Hall–Kier alpha value is -1.69. The van der Waals surface area contributed by atoms with Gasteiger partial charge in [-0.3, -0.25) is 4.79 Å². The predicted octanol–water partition coefficient (Wildman–Crippen LogP) is 2.42. The summed E-state index contributed by atoms with van der Waals surface area (Å²) in [6.45, 7) is 8.82. The molecule has 6 nitrogen and oxygen atoms in total. The van der Waals surface area contributed by atoms with Crippen molar-refractivity contribution in [1.29, 1.82) is 0 Å². The van der Waals surface area contributed by atoms with Crippen molar-refractivity contribution in [3.63, 3.8) is 0 Å². The van der Waals surface area contributed by atoms with Crippen molar-refractivity contribution >= 4 is 23.5 Å². The molecule has 0 aliphatic rings. The number of rotatable bonds is 5. The number of nitrogens with zero attached hydrogens (tertiary/aromatic N) is 3. The maximum absolute atomic E-state index is 11.8. The molecule has 1 N–H and O–H groups in total. The van der Waals surface area contributed by atoms with Crippen molar-refractivity contribution in [3.05, 3.63) is 23.0 Å². The molecule has 130 valence electrons. The fourth-order valence-corrected chi connectivity index (χ4v) is 2.30. The van der Waals surface area contributed by atoms with E-state index in [1.807, 2.05) is 63.5 Å². The van der Waals surface area contributed by atoms with Crippen LogP contribution in [-0.2, 0) is 23.1 Å². The molecule has 23 heavy (non-hydrogen) atoms. The predicted molar refractivity (Wildman–Crippen MR) is 93.7 cm³/mol. The standard InChI is InChI=1S/C16H27ClN4O2/c1-7-18-15(19-9-14(22)23-16(2,3)4)21(6)11-13-8-12(17)10-20(13)5/h8,10H,7,9,11H2,1-6H3,(H,18,19). The van der Waals surface area contributed by atoms with Crippen LogP contribution in [0.2, 0.25) is 5.02 Å². The number of esters is 1. The van der Waals surface area contributed by atoms with E-state index in [1.165, 1.54) is 0 Å². The Morgan fingerprint density at radius 1 is 1.48 bits per heavy atom. The van der Waals surface area contributed by atoms with Crippen molar-refractivity contribution in [2.24, 2.45) is 12.0 Å². The lowest BCUT2D eigenvalue weighted by atomic mass is 10.2. The van der Waals surface area contributed by atoms with Gasteiger partial charge in [0.1, 0.15) is 12.1 Å². The topological polar surface area (TPSA) is 58.9 Å². The number of ether oxygens (including phenoxy) is 1. The minimum Gasteiger partial charge on any atom is -0.459 e. The minimum atomic E-state index is -0.503. The number of guanidine groups is 1. The summed E-state index contributed by atoms with van der Waals surface area (Å²) >= 11 is 6.01. The van der Waals surface area contributed by atoms with Crippen LogP contribution in [0.4, 0.5) is 0 Å². The molecule has 0 atom stereocenters. The number of nitrogens with one attached hydrogen (secondary N) is 1. The maximum atomic E-state index is 11.8. The van der Waals surface area contributed by atoms with Crippen LogP contribution in [0.5, 0.6) is 0 Å². The van der Waals surface area contributed by atoms with Gasteiger partial charge in [0.2, 0.25) is 0 Å². The summed E-state index contributed by atoms with van der Waals surface area (Å²) < 4.78 is 7.24.